The highest BCUT2D eigenvalue weighted by molar-refractivity contribution is 6.32. The maximum Gasteiger partial charge on any atom is 0.0648 e. The Labute approximate surface area is 183 Å². The summed E-state index contributed by atoms with van der Waals surface area (Å²) in [5.41, 5.74) is 5.67. The van der Waals surface area contributed by atoms with E-state index in [4.69, 9.17) is 11.6 Å². The normalized spacial score (nSPS) is 12.0. The summed E-state index contributed by atoms with van der Waals surface area (Å²) in [7, 11) is 0. The second-order valence-electron chi connectivity index (χ2n) is 8.09. The third-order valence-electron chi connectivity index (χ3n) is 6.35. The summed E-state index contributed by atoms with van der Waals surface area (Å²) in [6.45, 7) is 0. The molecule has 0 spiro atoms. The van der Waals surface area contributed by atoms with Gasteiger partial charge in [-0.3, -0.25) is 0 Å². The van der Waals surface area contributed by atoms with Gasteiger partial charge in [0.1, 0.15) is 0 Å². The number of benzene rings is 5. The van der Waals surface area contributed by atoms with Crippen molar-refractivity contribution in [3.63, 3.8) is 0 Å². The van der Waals surface area contributed by atoms with Crippen LogP contribution in [0.25, 0.3) is 60.1 Å². The smallest absolute Gasteiger partial charge is 0.0648 e. The number of nitrogens with zero attached hydrogens (tertiary/aromatic N) is 1. The van der Waals surface area contributed by atoms with Crippen molar-refractivity contribution in [2.45, 2.75) is 0 Å². The predicted octanol–water partition coefficient (Wildman–Crippen LogP) is 8.22. The summed E-state index contributed by atoms with van der Waals surface area (Å²) in [6, 6.07) is 34.3. The van der Waals surface area contributed by atoms with Crippen molar-refractivity contribution >= 4 is 66.0 Å². The molecule has 5 aromatic carbocycles. The van der Waals surface area contributed by atoms with Gasteiger partial charge in [-0.05, 0) is 59.3 Å². The molecule has 0 bridgehead atoms. The minimum atomic E-state index is 0.748. The number of hydrogen-bond acceptors (Lipinski definition) is 0. The zero-order valence-corrected chi connectivity index (χ0v) is 17.3. The third kappa shape index (κ3) is 2.34. The predicted molar refractivity (Wildman–Crippen MR) is 133 cm³/mol. The molecular weight excluding hydrogens is 400 g/mol. The zero-order chi connectivity index (χ0) is 20.5. The van der Waals surface area contributed by atoms with E-state index in [2.05, 4.69) is 88.4 Å². The molecule has 3 heteroatoms. The molecule has 0 radical (unpaired) electrons. The van der Waals surface area contributed by atoms with Gasteiger partial charge in [-0.2, -0.15) is 0 Å². The Morgan fingerprint density at radius 3 is 2.16 bits per heavy atom. The first-order valence-corrected chi connectivity index (χ1v) is 10.8. The second kappa shape index (κ2) is 6.13. The Bertz CT molecular complexity index is 1800. The van der Waals surface area contributed by atoms with Crippen LogP contribution in [-0.4, -0.2) is 9.55 Å². The monoisotopic (exact) mass is 416 g/mol. The molecule has 7 rings (SSSR count). The van der Waals surface area contributed by atoms with Crippen LogP contribution in [0.5, 0.6) is 0 Å². The molecule has 2 nitrogen and oxygen atoms in total. The highest BCUT2D eigenvalue weighted by Crippen LogP contribution is 2.38. The lowest BCUT2D eigenvalue weighted by atomic mass is 10.0. The first-order chi connectivity index (χ1) is 15.3. The van der Waals surface area contributed by atoms with Crippen LogP contribution in [-0.2, 0) is 0 Å². The lowest BCUT2D eigenvalue weighted by Gasteiger charge is -2.10. The average molecular weight is 417 g/mol. The molecule has 31 heavy (non-hydrogen) atoms. The van der Waals surface area contributed by atoms with E-state index in [-0.39, 0.29) is 0 Å². The molecule has 0 fully saturated rings. The van der Waals surface area contributed by atoms with Crippen LogP contribution in [0.2, 0.25) is 5.02 Å². The van der Waals surface area contributed by atoms with Gasteiger partial charge in [-0.15, -0.1) is 0 Å². The summed E-state index contributed by atoms with van der Waals surface area (Å²) in [5.74, 6) is 0. The number of para-hydroxylation sites is 3. The average Bonchev–Trinajstić information content (AvgIpc) is 3.31. The van der Waals surface area contributed by atoms with Crippen molar-refractivity contribution < 1.29 is 0 Å². The van der Waals surface area contributed by atoms with E-state index in [0.717, 1.165) is 16.2 Å². The van der Waals surface area contributed by atoms with Crippen LogP contribution in [0, 0.1) is 0 Å². The maximum atomic E-state index is 6.64. The molecule has 0 aliphatic carbocycles. The minimum Gasteiger partial charge on any atom is -0.354 e. The van der Waals surface area contributed by atoms with E-state index in [9.17, 15) is 0 Å². The van der Waals surface area contributed by atoms with Gasteiger partial charge in [0, 0.05) is 32.6 Å². The second-order valence-corrected chi connectivity index (χ2v) is 8.50. The number of fused-ring (bicyclic) bond motifs is 7. The third-order valence-corrected chi connectivity index (χ3v) is 6.67. The van der Waals surface area contributed by atoms with Gasteiger partial charge in [0.15, 0.2) is 0 Å². The van der Waals surface area contributed by atoms with E-state index in [1.165, 1.54) is 48.9 Å². The molecule has 0 aliphatic heterocycles. The highest BCUT2D eigenvalue weighted by atomic mass is 35.5. The number of nitrogens with one attached hydrogen (secondary N) is 1. The van der Waals surface area contributed by atoms with Crippen LogP contribution in [0.15, 0.2) is 97.1 Å². The summed E-state index contributed by atoms with van der Waals surface area (Å²) in [4.78, 5) is 3.57. The Balaban J connectivity index is 1.66. The van der Waals surface area contributed by atoms with Crippen molar-refractivity contribution in [2.24, 2.45) is 0 Å². The Hall–Kier alpha value is -3.75. The topological polar surface area (TPSA) is 20.7 Å². The van der Waals surface area contributed by atoms with Crippen molar-refractivity contribution in [1.82, 2.24) is 9.55 Å². The van der Waals surface area contributed by atoms with E-state index in [1.54, 1.807) is 0 Å². The number of halogens is 1. The molecule has 2 heterocycles. The first kappa shape index (κ1) is 17.0. The zero-order valence-electron chi connectivity index (χ0n) is 16.6. The van der Waals surface area contributed by atoms with E-state index >= 15 is 0 Å². The molecule has 2 aromatic heterocycles. The van der Waals surface area contributed by atoms with Gasteiger partial charge in [-0.25, -0.2) is 0 Å². The van der Waals surface area contributed by atoms with Gasteiger partial charge >= 0.3 is 0 Å². The van der Waals surface area contributed by atoms with E-state index < -0.39 is 0 Å². The number of aromatic nitrogens is 2. The molecule has 0 amide bonds. The first-order valence-electron chi connectivity index (χ1n) is 10.4. The van der Waals surface area contributed by atoms with Crippen LogP contribution in [0.3, 0.4) is 0 Å². The number of rotatable bonds is 1. The van der Waals surface area contributed by atoms with E-state index in [1.807, 2.05) is 18.2 Å². The van der Waals surface area contributed by atoms with Gasteiger partial charge in [0.2, 0.25) is 0 Å². The molecular formula is C28H17ClN2. The van der Waals surface area contributed by atoms with E-state index in [0.29, 0.717) is 0 Å². The SMILES string of the molecule is Clc1ccccc1-n1c2ccccc2c2cc3cc4[nH]c5ccccc5c4cc3cc21. The largest absolute Gasteiger partial charge is 0.354 e. The van der Waals surface area contributed by atoms with Gasteiger partial charge in [0.25, 0.3) is 0 Å². The number of hydrogen-bond donors (Lipinski definition) is 1. The molecule has 7 aromatic rings. The number of aromatic amines is 1. The quantitative estimate of drug-likeness (QED) is 0.278. The van der Waals surface area contributed by atoms with Gasteiger partial charge in [-0.1, -0.05) is 60.1 Å². The Morgan fingerprint density at radius 1 is 0.548 bits per heavy atom. The highest BCUT2D eigenvalue weighted by Gasteiger charge is 2.15. The molecule has 0 saturated carbocycles. The van der Waals surface area contributed by atoms with Crippen LogP contribution in [0.4, 0.5) is 0 Å². The molecule has 0 aliphatic rings. The van der Waals surface area contributed by atoms with Crippen molar-refractivity contribution in [1.29, 1.82) is 0 Å². The Kier molecular flexibility index (Phi) is 3.36. The van der Waals surface area contributed by atoms with Gasteiger partial charge < -0.3 is 9.55 Å². The number of H-pyrrole nitrogens is 1. The Morgan fingerprint density at radius 2 is 1.26 bits per heavy atom. The lowest BCUT2D eigenvalue weighted by Crippen LogP contribution is -1.94. The molecule has 0 unspecified atom stereocenters. The van der Waals surface area contributed by atoms with Crippen LogP contribution in [0.1, 0.15) is 0 Å². The summed E-state index contributed by atoms with van der Waals surface area (Å²) in [6.07, 6.45) is 0. The van der Waals surface area contributed by atoms with Crippen molar-refractivity contribution in [3.8, 4) is 5.69 Å². The van der Waals surface area contributed by atoms with Crippen LogP contribution >= 0.6 is 11.6 Å². The molecule has 0 saturated heterocycles. The fourth-order valence-corrected chi connectivity index (χ4v) is 5.18. The summed E-state index contributed by atoms with van der Waals surface area (Å²) >= 11 is 6.64. The molecule has 0 atom stereocenters. The molecule has 146 valence electrons. The van der Waals surface area contributed by atoms with Gasteiger partial charge in [0.05, 0.1) is 21.7 Å². The standard InChI is InChI=1S/C28H17ClN2/c29-23-9-3-6-12-27(23)31-26-11-5-2-8-20(26)22-14-17-15-25-21(13-18(17)16-28(22)31)19-7-1-4-10-24(19)30-25/h1-16,30H. The lowest BCUT2D eigenvalue weighted by molar-refractivity contribution is 1.18. The summed E-state index contributed by atoms with van der Waals surface area (Å²) < 4.78 is 2.28. The van der Waals surface area contributed by atoms with Crippen LogP contribution < -0.4 is 0 Å². The molecule has 1 N–H and O–H groups in total. The fourth-order valence-electron chi connectivity index (χ4n) is 4.96. The fraction of sp³-hybridized carbons (Fsp3) is 0. The minimum absolute atomic E-state index is 0.748. The van der Waals surface area contributed by atoms with Crippen molar-refractivity contribution in [3.05, 3.63) is 102 Å². The summed E-state index contributed by atoms with van der Waals surface area (Å²) in [5, 5.41) is 8.18. The van der Waals surface area contributed by atoms with Crippen molar-refractivity contribution in [2.75, 3.05) is 0 Å². The maximum absolute atomic E-state index is 6.64.